The van der Waals surface area contributed by atoms with Crippen LogP contribution < -0.4 is 5.32 Å². The van der Waals surface area contributed by atoms with Crippen molar-refractivity contribution in [3.63, 3.8) is 0 Å². The van der Waals surface area contributed by atoms with Gasteiger partial charge in [-0.05, 0) is 37.1 Å². The molecule has 0 radical (unpaired) electrons. The minimum absolute atomic E-state index is 0.00120. The monoisotopic (exact) mass is 233 g/mol. The molecule has 0 bridgehead atoms. The van der Waals surface area contributed by atoms with E-state index in [4.69, 9.17) is 4.42 Å². The maximum Gasteiger partial charge on any atom is 0.149 e. The van der Waals surface area contributed by atoms with Crippen LogP contribution in [0.1, 0.15) is 30.7 Å². The highest BCUT2D eigenvalue weighted by atomic mass is 19.1. The molecule has 0 aliphatic carbocycles. The Kier molecular flexibility index (Phi) is 3.47. The van der Waals surface area contributed by atoms with Crippen LogP contribution in [0.5, 0.6) is 0 Å². The van der Waals surface area contributed by atoms with Crippen LogP contribution >= 0.6 is 0 Å². The first-order valence-electron chi connectivity index (χ1n) is 5.77. The van der Waals surface area contributed by atoms with Crippen molar-refractivity contribution >= 4 is 5.69 Å². The van der Waals surface area contributed by atoms with Gasteiger partial charge in [-0.15, -0.1) is 0 Å². The van der Waals surface area contributed by atoms with Crippen LogP contribution in [0, 0.1) is 12.7 Å². The predicted octanol–water partition coefficient (Wildman–Crippen LogP) is 4.29. The fourth-order valence-corrected chi connectivity index (χ4v) is 1.81. The first-order chi connectivity index (χ1) is 8.22. The van der Waals surface area contributed by atoms with Crippen LogP contribution in [0.4, 0.5) is 10.1 Å². The van der Waals surface area contributed by atoms with Crippen molar-refractivity contribution in [2.75, 3.05) is 5.32 Å². The third kappa shape index (κ3) is 2.49. The summed E-state index contributed by atoms with van der Waals surface area (Å²) in [5, 5.41) is 3.17. The van der Waals surface area contributed by atoms with E-state index in [0.29, 0.717) is 11.3 Å². The average molecular weight is 233 g/mol. The maximum atomic E-state index is 13.8. The topological polar surface area (TPSA) is 25.2 Å². The van der Waals surface area contributed by atoms with Crippen molar-refractivity contribution in [1.29, 1.82) is 0 Å². The standard InChI is InChI=1S/C14H16FNO/c1-3-11(13-8-5-9-17-13)16-12-7-4-6-10(2)14(12)15/h4-9,11,16H,3H2,1-2H3. The number of nitrogens with one attached hydrogen (secondary N) is 1. The average Bonchev–Trinajstić information content (AvgIpc) is 2.85. The summed E-state index contributed by atoms with van der Waals surface area (Å²) in [6.45, 7) is 3.79. The third-order valence-electron chi connectivity index (χ3n) is 2.82. The second kappa shape index (κ2) is 5.04. The van der Waals surface area contributed by atoms with Crippen molar-refractivity contribution in [1.82, 2.24) is 0 Å². The molecule has 1 N–H and O–H groups in total. The molecule has 1 aromatic carbocycles. The second-order valence-electron chi connectivity index (χ2n) is 4.06. The summed E-state index contributed by atoms with van der Waals surface area (Å²) < 4.78 is 19.2. The van der Waals surface area contributed by atoms with Crippen LogP contribution in [0.25, 0.3) is 0 Å². The van der Waals surface area contributed by atoms with Crippen molar-refractivity contribution < 1.29 is 8.81 Å². The zero-order valence-electron chi connectivity index (χ0n) is 10.0. The minimum atomic E-state index is -0.197. The van der Waals surface area contributed by atoms with Crippen molar-refractivity contribution in [2.45, 2.75) is 26.3 Å². The van der Waals surface area contributed by atoms with Crippen molar-refractivity contribution in [3.05, 3.63) is 53.7 Å². The van der Waals surface area contributed by atoms with Crippen LogP contribution in [0.3, 0.4) is 0 Å². The van der Waals surface area contributed by atoms with Gasteiger partial charge in [-0.3, -0.25) is 0 Å². The largest absolute Gasteiger partial charge is 0.467 e. The van der Waals surface area contributed by atoms with Gasteiger partial charge in [0.25, 0.3) is 0 Å². The van der Waals surface area contributed by atoms with Gasteiger partial charge in [0.05, 0.1) is 18.0 Å². The molecule has 1 heterocycles. The van der Waals surface area contributed by atoms with Crippen molar-refractivity contribution in [3.8, 4) is 0 Å². The highest BCUT2D eigenvalue weighted by Crippen LogP contribution is 2.25. The molecule has 17 heavy (non-hydrogen) atoms. The lowest BCUT2D eigenvalue weighted by molar-refractivity contribution is 0.472. The Hall–Kier alpha value is -1.77. The number of furan rings is 1. The lowest BCUT2D eigenvalue weighted by Gasteiger charge is -2.17. The van der Waals surface area contributed by atoms with E-state index in [0.717, 1.165) is 12.2 Å². The van der Waals surface area contributed by atoms with E-state index in [1.165, 1.54) is 0 Å². The van der Waals surface area contributed by atoms with Gasteiger partial charge in [-0.1, -0.05) is 19.1 Å². The van der Waals surface area contributed by atoms with E-state index in [9.17, 15) is 4.39 Å². The second-order valence-corrected chi connectivity index (χ2v) is 4.06. The number of benzene rings is 1. The zero-order chi connectivity index (χ0) is 12.3. The Bertz CT molecular complexity index is 479. The Morgan fingerprint density at radius 1 is 1.29 bits per heavy atom. The molecule has 2 nitrogen and oxygen atoms in total. The van der Waals surface area contributed by atoms with Gasteiger partial charge < -0.3 is 9.73 Å². The fraction of sp³-hybridized carbons (Fsp3) is 0.286. The molecule has 2 rings (SSSR count). The van der Waals surface area contributed by atoms with Crippen molar-refractivity contribution in [2.24, 2.45) is 0 Å². The number of aryl methyl sites for hydroxylation is 1. The van der Waals surface area contributed by atoms with Gasteiger partial charge in [0.1, 0.15) is 11.6 Å². The fourth-order valence-electron chi connectivity index (χ4n) is 1.81. The van der Waals surface area contributed by atoms with E-state index >= 15 is 0 Å². The summed E-state index contributed by atoms with van der Waals surface area (Å²) in [6, 6.07) is 9.08. The highest BCUT2D eigenvalue weighted by molar-refractivity contribution is 5.48. The highest BCUT2D eigenvalue weighted by Gasteiger charge is 2.14. The lowest BCUT2D eigenvalue weighted by atomic mass is 10.1. The first-order valence-corrected chi connectivity index (χ1v) is 5.77. The minimum Gasteiger partial charge on any atom is -0.467 e. The molecule has 1 unspecified atom stereocenters. The molecule has 0 saturated carbocycles. The Labute approximate surface area is 100 Å². The molecule has 0 aliphatic rings. The molecule has 0 aliphatic heterocycles. The van der Waals surface area contributed by atoms with Gasteiger partial charge in [-0.25, -0.2) is 4.39 Å². The molecule has 0 saturated heterocycles. The van der Waals surface area contributed by atoms with Crippen LogP contribution in [0.2, 0.25) is 0 Å². The van der Waals surface area contributed by atoms with E-state index in [2.05, 4.69) is 5.32 Å². The quantitative estimate of drug-likeness (QED) is 0.852. The predicted molar refractivity (Wildman–Crippen MR) is 66.5 cm³/mol. The van der Waals surface area contributed by atoms with E-state index in [1.54, 1.807) is 25.3 Å². The van der Waals surface area contributed by atoms with Gasteiger partial charge in [-0.2, -0.15) is 0 Å². The van der Waals surface area contributed by atoms with E-state index < -0.39 is 0 Å². The SMILES string of the molecule is CCC(Nc1cccc(C)c1F)c1ccco1. The Balaban J connectivity index is 2.22. The molecule has 1 atom stereocenters. The summed E-state index contributed by atoms with van der Waals surface area (Å²) in [4.78, 5) is 0. The molecule has 2 aromatic rings. The number of halogens is 1. The third-order valence-corrected chi connectivity index (χ3v) is 2.82. The number of rotatable bonds is 4. The molecule has 0 spiro atoms. The van der Waals surface area contributed by atoms with E-state index in [1.807, 2.05) is 25.1 Å². The van der Waals surface area contributed by atoms with E-state index in [-0.39, 0.29) is 11.9 Å². The molecular formula is C14H16FNO. The molecule has 0 amide bonds. The van der Waals surface area contributed by atoms with Crippen LogP contribution in [-0.2, 0) is 0 Å². The number of hydrogen-bond acceptors (Lipinski definition) is 2. The summed E-state index contributed by atoms with van der Waals surface area (Å²) in [5.41, 5.74) is 1.16. The number of anilines is 1. The van der Waals surface area contributed by atoms with Gasteiger partial charge in [0.15, 0.2) is 0 Å². The smallest absolute Gasteiger partial charge is 0.149 e. The molecule has 0 fully saturated rings. The summed E-state index contributed by atoms with van der Waals surface area (Å²) in [7, 11) is 0. The summed E-state index contributed by atoms with van der Waals surface area (Å²) in [6.07, 6.45) is 2.47. The molecule has 1 aromatic heterocycles. The van der Waals surface area contributed by atoms with Gasteiger partial charge >= 0.3 is 0 Å². The van der Waals surface area contributed by atoms with Crippen LogP contribution in [0.15, 0.2) is 41.0 Å². The Morgan fingerprint density at radius 3 is 2.76 bits per heavy atom. The summed E-state index contributed by atoms with van der Waals surface area (Å²) in [5.74, 6) is 0.630. The van der Waals surface area contributed by atoms with Gasteiger partial charge in [0, 0.05) is 0 Å². The van der Waals surface area contributed by atoms with Crippen LogP contribution in [-0.4, -0.2) is 0 Å². The molecular weight excluding hydrogens is 217 g/mol. The zero-order valence-corrected chi connectivity index (χ0v) is 10.0. The lowest BCUT2D eigenvalue weighted by Crippen LogP contribution is -2.10. The Morgan fingerprint density at radius 2 is 2.12 bits per heavy atom. The first kappa shape index (κ1) is 11.7. The van der Waals surface area contributed by atoms with Gasteiger partial charge in [0.2, 0.25) is 0 Å². The maximum absolute atomic E-state index is 13.8. The summed E-state index contributed by atoms with van der Waals surface area (Å²) >= 11 is 0. The normalized spacial score (nSPS) is 12.4. The molecule has 3 heteroatoms. The number of hydrogen-bond donors (Lipinski definition) is 1. The molecule has 90 valence electrons.